The number of fused-ring (bicyclic) bond motifs is 1. The van der Waals surface area contributed by atoms with Crippen LogP contribution in [0.15, 0.2) is 42.5 Å². The standard InChI is InChI=1S/C21H23FN2O/c1-5-13(2)15-11-16(14-9-7-6-8-10-14)17-12-18(21(25)24(3)4)23-20(17)19(15)22/h6-13,23H,5H2,1-4H3. The van der Waals surface area contributed by atoms with Crippen LogP contribution in [-0.4, -0.2) is 29.9 Å². The molecule has 4 heteroatoms. The second-order valence-electron chi connectivity index (χ2n) is 6.67. The number of halogens is 1. The first-order valence-corrected chi connectivity index (χ1v) is 8.56. The summed E-state index contributed by atoms with van der Waals surface area (Å²) in [6, 6.07) is 13.6. The fourth-order valence-corrected chi connectivity index (χ4v) is 3.07. The number of carbonyl (C=O) groups excluding carboxylic acids is 1. The minimum absolute atomic E-state index is 0.100. The third kappa shape index (κ3) is 3.04. The number of hydrogen-bond acceptors (Lipinski definition) is 1. The molecule has 0 aliphatic carbocycles. The number of hydrogen-bond donors (Lipinski definition) is 1. The van der Waals surface area contributed by atoms with Gasteiger partial charge in [0.2, 0.25) is 0 Å². The maximum Gasteiger partial charge on any atom is 0.269 e. The Bertz CT molecular complexity index is 913. The average Bonchev–Trinajstić information content (AvgIpc) is 3.07. The first-order valence-electron chi connectivity index (χ1n) is 8.56. The molecule has 3 nitrogen and oxygen atoms in total. The lowest BCUT2D eigenvalue weighted by atomic mass is 9.91. The summed E-state index contributed by atoms with van der Waals surface area (Å²) in [5.41, 5.74) is 3.44. The Morgan fingerprint density at radius 1 is 1.20 bits per heavy atom. The van der Waals surface area contributed by atoms with E-state index in [0.717, 1.165) is 22.9 Å². The highest BCUT2D eigenvalue weighted by atomic mass is 19.1. The Hall–Kier alpha value is -2.62. The van der Waals surface area contributed by atoms with Gasteiger partial charge in [0.05, 0.1) is 5.52 Å². The molecular formula is C21H23FN2O. The second kappa shape index (κ2) is 6.71. The summed E-state index contributed by atoms with van der Waals surface area (Å²) >= 11 is 0. The summed E-state index contributed by atoms with van der Waals surface area (Å²) in [5, 5.41) is 0.737. The van der Waals surface area contributed by atoms with Crippen molar-refractivity contribution in [1.82, 2.24) is 9.88 Å². The molecule has 0 spiro atoms. The molecule has 1 heterocycles. The van der Waals surface area contributed by atoms with Crippen LogP contribution >= 0.6 is 0 Å². The fourth-order valence-electron chi connectivity index (χ4n) is 3.07. The maximum atomic E-state index is 15.1. The molecule has 3 rings (SSSR count). The first kappa shape index (κ1) is 17.2. The molecule has 1 atom stereocenters. The molecule has 0 fully saturated rings. The van der Waals surface area contributed by atoms with E-state index in [1.165, 1.54) is 4.90 Å². The molecule has 0 radical (unpaired) electrons. The largest absolute Gasteiger partial charge is 0.348 e. The van der Waals surface area contributed by atoms with E-state index in [9.17, 15) is 4.79 Å². The van der Waals surface area contributed by atoms with Crippen LogP contribution in [0.2, 0.25) is 0 Å². The number of H-pyrrole nitrogens is 1. The number of nitrogens with zero attached hydrogens (tertiary/aromatic N) is 1. The van der Waals surface area contributed by atoms with Gasteiger partial charge in [-0.1, -0.05) is 44.2 Å². The lowest BCUT2D eigenvalue weighted by Gasteiger charge is -2.14. The quantitative estimate of drug-likeness (QED) is 0.698. The Morgan fingerprint density at radius 2 is 1.88 bits per heavy atom. The highest BCUT2D eigenvalue weighted by Crippen LogP contribution is 2.36. The van der Waals surface area contributed by atoms with Crippen LogP contribution in [-0.2, 0) is 0 Å². The van der Waals surface area contributed by atoms with E-state index in [0.29, 0.717) is 16.8 Å². The van der Waals surface area contributed by atoms with E-state index in [1.54, 1.807) is 20.2 Å². The van der Waals surface area contributed by atoms with Gasteiger partial charge in [0.1, 0.15) is 5.69 Å². The lowest BCUT2D eigenvalue weighted by Crippen LogP contribution is -2.21. The van der Waals surface area contributed by atoms with E-state index in [1.807, 2.05) is 50.2 Å². The van der Waals surface area contributed by atoms with Gasteiger partial charge < -0.3 is 9.88 Å². The Balaban J connectivity index is 2.32. The number of carbonyl (C=O) groups is 1. The van der Waals surface area contributed by atoms with Crippen molar-refractivity contribution < 1.29 is 9.18 Å². The van der Waals surface area contributed by atoms with Gasteiger partial charge in [-0.25, -0.2) is 4.39 Å². The highest BCUT2D eigenvalue weighted by molar-refractivity contribution is 6.03. The van der Waals surface area contributed by atoms with E-state index < -0.39 is 0 Å². The monoisotopic (exact) mass is 338 g/mol. The number of aromatic nitrogens is 1. The minimum atomic E-state index is -0.262. The SMILES string of the molecule is CCC(C)c1cc(-c2ccccc2)c2cc(C(=O)N(C)C)[nH]c2c1F. The van der Waals surface area contributed by atoms with Crippen LogP contribution in [0.25, 0.3) is 22.0 Å². The molecular weight excluding hydrogens is 315 g/mol. The van der Waals surface area contributed by atoms with Crippen molar-refractivity contribution >= 4 is 16.8 Å². The lowest BCUT2D eigenvalue weighted by molar-refractivity contribution is 0.0823. The van der Waals surface area contributed by atoms with Gasteiger partial charge in [0.25, 0.3) is 5.91 Å². The van der Waals surface area contributed by atoms with Gasteiger partial charge in [-0.3, -0.25) is 4.79 Å². The molecule has 1 amide bonds. The zero-order valence-electron chi connectivity index (χ0n) is 15.1. The van der Waals surface area contributed by atoms with Gasteiger partial charge in [-0.05, 0) is 41.2 Å². The van der Waals surface area contributed by atoms with Crippen LogP contribution in [0.4, 0.5) is 4.39 Å². The van der Waals surface area contributed by atoms with E-state index in [-0.39, 0.29) is 17.6 Å². The van der Waals surface area contributed by atoms with E-state index >= 15 is 4.39 Å². The van der Waals surface area contributed by atoms with Crippen molar-refractivity contribution in [3.05, 3.63) is 59.5 Å². The summed E-state index contributed by atoms with van der Waals surface area (Å²) in [6.07, 6.45) is 0.848. The van der Waals surface area contributed by atoms with E-state index in [4.69, 9.17) is 0 Å². The molecule has 25 heavy (non-hydrogen) atoms. The minimum Gasteiger partial charge on any atom is -0.348 e. The van der Waals surface area contributed by atoms with Crippen molar-refractivity contribution in [3.63, 3.8) is 0 Å². The summed E-state index contributed by atoms with van der Waals surface area (Å²) in [4.78, 5) is 16.8. The smallest absolute Gasteiger partial charge is 0.269 e. The molecule has 0 saturated carbocycles. The Morgan fingerprint density at radius 3 is 2.48 bits per heavy atom. The molecule has 3 aromatic rings. The van der Waals surface area contributed by atoms with Crippen LogP contribution < -0.4 is 0 Å². The van der Waals surface area contributed by atoms with Gasteiger partial charge in [-0.15, -0.1) is 0 Å². The average molecular weight is 338 g/mol. The summed E-state index contributed by atoms with van der Waals surface area (Å²) in [5.74, 6) is -0.329. The zero-order valence-corrected chi connectivity index (χ0v) is 15.1. The molecule has 0 aliphatic heterocycles. The number of rotatable bonds is 4. The second-order valence-corrected chi connectivity index (χ2v) is 6.67. The van der Waals surface area contributed by atoms with Gasteiger partial charge in [0.15, 0.2) is 5.82 Å². The van der Waals surface area contributed by atoms with Crippen LogP contribution in [0.5, 0.6) is 0 Å². The van der Waals surface area contributed by atoms with Crippen LogP contribution in [0, 0.1) is 5.82 Å². The number of nitrogens with one attached hydrogen (secondary N) is 1. The van der Waals surface area contributed by atoms with Gasteiger partial charge in [-0.2, -0.15) is 0 Å². The summed E-state index contributed by atoms with van der Waals surface area (Å²) in [6.45, 7) is 4.07. The predicted molar refractivity (Wildman–Crippen MR) is 100 cm³/mol. The summed E-state index contributed by atoms with van der Waals surface area (Å²) in [7, 11) is 3.37. The summed E-state index contributed by atoms with van der Waals surface area (Å²) < 4.78 is 15.1. The topological polar surface area (TPSA) is 36.1 Å². The number of benzene rings is 2. The first-order chi connectivity index (χ1) is 11.9. The number of amides is 1. The Kier molecular flexibility index (Phi) is 4.62. The molecule has 2 aromatic carbocycles. The normalized spacial score (nSPS) is 12.4. The highest BCUT2D eigenvalue weighted by Gasteiger charge is 2.21. The van der Waals surface area contributed by atoms with E-state index in [2.05, 4.69) is 4.98 Å². The van der Waals surface area contributed by atoms with Crippen LogP contribution in [0.3, 0.4) is 0 Å². The van der Waals surface area contributed by atoms with Crippen molar-refractivity contribution in [3.8, 4) is 11.1 Å². The molecule has 1 N–H and O–H groups in total. The van der Waals surface area contributed by atoms with Crippen molar-refractivity contribution in [2.45, 2.75) is 26.2 Å². The molecule has 130 valence electrons. The molecule has 1 aromatic heterocycles. The van der Waals surface area contributed by atoms with Gasteiger partial charge in [0, 0.05) is 19.5 Å². The van der Waals surface area contributed by atoms with Crippen molar-refractivity contribution in [2.75, 3.05) is 14.1 Å². The molecule has 0 aliphatic rings. The molecule has 0 bridgehead atoms. The fraction of sp³-hybridized carbons (Fsp3) is 0.286. The number of aromatic amines is 1. The van der Waals surface area contributed by atoms with Crippen molar-refractivity contribution in [2.24, 2.45) is 0 Å². The van der Waals surface area contributed by atoms with Gasteiger partial charge >= 0.3 is 0 Å². The Labute approximate surface area is 147 Å². The third-order valence-corrected chi connectivity index (χ3v) is 4.75. The van der Waals surface area contributed by atoms with Crippen molar-refractivity contribution in [1.29, 1.82) is 0 Å². The van der Waals surface area contributed by atoms with Crippen LogP contribution in [0.1, 0.15) is 42.2 Å². The third-order valence-electron chi connectivity index (χ3n) is 4.75. The predicted octanol–water partition coefficient (Wildman–Crippen LogP) is 5.19. The molecule has 0 saturated heterocycles. The maximum absolute atomic E-state index is 15.1. The molecule has 1 unspecified atom stereocenters. The zero-order chi connectivity index (χ0) is 18.1.